The summed E-state index contributed by atoms with van der Waals surface area (Å²) < 4.78 is 0. The van der Waals surface area contributed by atoms with Gasteiger partial charge in [-0.3, -0.25) is 4.79 Å². The Hall–Kier alpha value is -0.590. The smallest absolute Gasteiger partial charge is 0.164 e. The maximum Gasteiger partial charge on any atom is 0.164 e. The minimum atomic E-state index is -0.157. The number of ketones is 1. The fraction of sp³-hybridized carbons (Fsp3) is 0.769. The van der Waals surface area contributed by atoms with Gasteiger partial charge in [0.1, 0.15) is 0 Å². The van der Waals surface area contributed by atoms with E-state index in [9.17, 15) is 4.79 Å². The van der Waals surface area contributed by atoms with Crippen molar-refractivity contribution in [3.05, 3.63) is 11.6 Å². The summed E-state index contributed by atoms with van der Waals surface area (Å²) >= 11 is 0. The van der Waals surface area contributed by atoms with E-state index in [1.54, 1.807) is 0 Å². The van der Waals surface area contributed by atoms with Crippen LogP contribution in [0.2, 0.25) is 0 Å². The van der Waals surface area contributed by atoms with Gasteiger partial charge in [0.05, 0.1) is 0 Å². The van der Waals surface area contributed by atoms with Gasteiger partial charge in [-0.15, -0.1) is 0 Å². The van der Waals surface area contributed by atoms with Crippen molar-refractivity contribution in [2.24, 2.45) is 5.41 Å². The Labute approximate surface area is 87.6 Å². The van der Waals surface area contributed by atoms with Gasteiger partial charge in [-0.1, -0.05) is 33.3 Å². The summed E-state index contributed by atoms with van der Waals surface area (Å²) in [6, 6.07) is 0. The average molecular weight is 194 g/mol. The van der Waals surface area contributed by atoms with Gasteiger partial charge in [0.15, 0.2) is 5.78 Å². The Kier molecular flexibility index (Phi) is 3.91. The van der Waals surface area contributed by atoms with Crippen LogP contribution in [0.4, 0.5) is 0 Å². The molecule has 0 aliphatic heterocycles. The second kappa shape index (κ2) is 4.77. The van der Waals surface area contributed by atoms with Crippen LogP contribution >= 0.6 is 0 Å². The third-order valence-corrected chi connectivity index (χ3v) is 3.33. The van der Waals surface area contributed by atoms with Gasteiger partial charge in [0, 0.05) is 5.41 Å². The second-order valence-corrected chi connectivity index (χ2v) is 4.90. The van der Waals surface area contributed by atoms with Gasteiger partial charge in [-0.05, 0) is 37.7 Å². The molecular weight excluding hydrogens is 172 g/mol. The summed E-state index contributed by atoms with van der Waals surface area (Å²) in [5, 5.41) is 0. The molecule has 1 rings (SSSR count). The molecule has 80 valence electrons. The summed E-state index contributed by atoms with van der Waals surface area (Å²) in [6.45, 7) is 6.21. The predicted octanol–water partition coefficient (Wildman–Crippen LogP) is 3.88. The standard InChI is InChI=1S/C13H22O/c1-4-13(2,3)12(14)11-9-7-5-6-8-10-11/h9H,4-8,10H2,1-3H3. The molecule has 0 aromatic heterocycles. The van der Waals surface area contributed by atoms with E-state index in [1.807, 2.05) is 0 Å². The highest BCUT2D eigenvalue weighted by Gasteiger charge is 2.27. The van der Waals surface area contributed by atoms with Crippen molar-refractivity contribution in [1.29, 1.82) is 0 Å². The minimum absolute atomic E-state index is 0.157. The molecule has 0 N–H and O–H groups in total. The molecule has 0 atom stereocenters. The lowest BCUT2D eigenvalue weighted by Gasteiger charge is -2.22. The van der Waals surface area contributed by atoms with Crippen molar-refractivity contribution in [3.63, 3.8) is 0 Å². The van der Waals surface area contributed by atoms with Crippen molar-refractivity contribution >= 4 is 5.78 Å². The largest absolute Gasteiger partial charge is 0.294 e. The molecule has 1 aliphatic carbocycles. The third-order valence-electron chi connectivity index (χ3n) is 3.33. The Bertz CT molecular complexity index is 236. The molecule has 0 amide bonds. The first-order chi connectivity index (χ1) is 6.58. The Morgan fingerprint density at radius 2 is 2.07 bits per heavy atom. The van der Waals surface area contributed by atoms with E-state index in [0.717, 1.165) is 24.8 Å². The number of Topliss-reactive ketones (excluding diaryl/α,β-unsaturated/α-hetero) is 1. The second-order valence-electron chi connectivity index (χ2n) is 4.90. The van der Waals surface area contributed by atoms with Gasteiger partial charge in [-0.2, -0.15) is 0 Å². The lowest BCUT2D eigenvalue weighted by Crippen LogP contribution is -2.24. The topological polar surface area (TPSA) is 17.1 Å². The zero-order valence-electron chi connectivity index (χ0n) is 9.73. The Morgan fingerprint density at radius 3 is 2.71 bits per heavy atom. The quantitative estimate of drug-likeness (QED) is 0.666. The van der Waals surface area contributed by atoms with Crippen molar-refractivity contribution in [1.82, 2.24) is 0 Å². The number of hydrogen-bond donors (Lipinski definition) is 0. The first-order valence-corrected chi connectivity index (χ1v) is 5.82. The molecule has 14 heavy (non-hydrogen) atoms. The van der Waals surface area contributed by atoms with Crippen LogP contribution in [0.15, 0.2) is 11.6 Å². The molecule has 0 heterocycles. The molecule has 0 saturated heterocycles. The van der Waals surface area contributed by atoms with Crippen molar-refractivity contribution in [3.8, 4) is 0 Å². The molecule has 0 aromatic carbocycles. The molecule has 0 aromatic rings. The fourth-order valence-corrected chi connectivity index (χ4v) is 1.82. The maximum absolute atomic E-state index is 12.1. The van der Waals surface area contributed by atoms with Crippen LogP contribution in [0, 0.1) is 5.41 Å². The molecule has 0 spiro atoms. The van der Waals surface area contributed by atoms with Gasteiger partial charge < -0.3 is 0 Å². The SMILES string of the molecule is CCC(C)(C)C(=O)C1=CCCCCC1. The molecule has 1 nitrogen and oxygen atoms in total. The van der Waals surface area contributed by atoms with E-state index in [1.165, 1.54) is 19.3 Å². The van der Waals surface area contributed by atoms with Gasteiger partial charge in [0.2, 0.25) is 0 Å². The predicted molar refractivity (Wildman–Crippen MR) is 60.2 cm³/mol. The van der Waals surface area contributed by atoms with E-state index in [0.29, 0.717) is 5.78 Å². The maximum atomic E-state index is 12.1. The molecule has 0 saturated carbocycles. The summed E-state index contributed by atoms with van der Waals surface area (Å²) in [6.07, 6.45) is 8.93. The number of hydrogen-bond acceptors (Lipinski definition) is 1. The molecule has 0 fully saturated rings. The summed E-state index contributed by atoms with van der Waals surface area (Å²) in [4.78, 5) is 12.1. The Morgan fingerprint density at radius 1 is 1.36 bits per heavy atom. The third kappa shape index (κ3) is 2.70. The fourth-order valence-electron chi connectivity index (χ4n) is 1.82. The van der Waals surface area contributed by atoms with Gasteiger partial charge >= 0.3 is 0 Å². The number of carbonyl (C=O) groups excluding carboxylic acids is 1. The lowest BCUT2D eigenvalue weighted by molar-refractivity contribution is -0.123. The minimum Gasteiger partial charge on any atom is -0.294 e. The molecule has 1 heteroatoms. The van der Waals surface area contributed by atoms with E-state index in [2.05, 4.69) is 26.8 Å². The van der Waals surface area contributed by atoms with Crippen molar-refractivity contribution < 1.29 is 4.79 Å². The number of rotatable bonds is 3. The summed E-state index contributed by atoms with van der Waals surface area (Å²) in [5.74, 6) is 0.377. The Balaban J connectivity index is 2.72. The zero-order valence-corrected chi connectivity index (χ0v) is 9.73. The normalized spacial score (nSPS) is 18.6. The van der Waals surface area contributed by atoms with Crippen LogP contribution < -0.4 is 0 Å². The van der Waals surface area contributed by atoms with Crippen LogP contribution in [-0.4, -0.2) is 5.78 Å². The van der Waals surface area contributed by atoms with E-state index in [4.69, 9.17) is 0 Å². The zero-order chi connectivity index (χ0) is 10.6. The van der Waals surface area contributed by atoms with Crippen LogP contribution in [-0.2, 0) is 4.79 Å². The molecule has 0 radical (unpaired) electrons. The highest BCUT2D eigenvalue weighted by molar-refractivity contribution is 5.99. The van der Waals surface area contributed by atoms with Crippen LogP contribution in [0.1, 0.15) is 59.3 Å². The highest BCUT2D eigenvalue weighted by Crippen LogP contribution is 2.29. The summed E-state index contributed by atoms with van der Waals surface area (Å²) in [7, 11) is 0. The lowest BCUT2D eigenvalue weighted by atomic mass is 9.80. The molecule has 0 bridgehead atoms. The van der Waals surface area contributed by atoms with E-state index < -0.39 is 0 Å². The average Bonchev–Trinajstić information content (AvgIpc) is 2.44. The van der Waals surface area contributed by atoms with Gasteiger partial charge in [0.25, 0.3) is 0 Å². The molecular formula is C13H22O. The monoisotopic (exact) mass is 194 g/mol. The molecule has 1 aliphatic rings. The van der Waals surface area contributed by atoms with Crippen molar-refractivity contribution in [2.75, 3.05) is 0 Å². The first kappa shape index (κ1) is 11.5. The number of carbonyl (C=O) groups is 1. The van der Waals surface area contributed by atoms with E-state index >= 15 is 0 Å². The first-order valence-electron chi connectivity index (χ1n) is 5.82. The number of allylic oxidation sites excluding steroid dienone is 2. The highest BCUT2D eigenvalue weighted by atomic mass is 16.1. The van der Waals surface area contributed by atoms with Crippen LogP contribution in [0.3, 0.4) is 0 Å². The van der Waals surface area contributed by atoms with Crippen molar-refractivity contribution in [2.45, 2.75) is 59.3 Å². The summed E-state index contributed by atoms with van der Waals surface area (Å²) in [5.41, 5.74) is 0.935. The van der Waals surface area contributed by atoms with Gasteiger partial charge in [-0.25, -0.2) is 0 Å². The van der Waals surface area contributed by atoms with E-state index in [-0.39, 0.29) is 5.41 Å². The molecule has 0 unspecified atom stereocenters. The van der Waals surface area contributed by atoms with Crippen LogP contribution in [0.25, 0.3) is 0 Å². The van der Waals surface area contributed by atoms with Crippen LogP contribution in [0.5, 0.6) is 0 Å².